The summed E-state index contributed by atoms with van der Waals surface area (Å²) in [4.78, 5) is 12.1. The van der Waals surface area contributed by atoms with Crippen molar-refractivity contribution >= 4 is 23.2 Å². The Morgan fingerprint density at radius 3 is 2.57 bits per heavy atom. The van der Waals surface area contributed by atoms with Gasteiger partial charge in [-0.3, -0.25) is 10.1 Å². The van der Waals surface area contributed by atoms with Crippen LogP contribution in [0.15, 0.2) is 24.3 Å². The molecule has 0 radical (unpaired) electrons. The predicted molar refractivity (Wildman–Crippen MR) is 89.7 cm³/mol. The van der Waals surface area contributed by atoms with E-state index in [0.717, 1.165) is 0 Å². The molecule has 0 aliphatic carbocycles. The number of hydrogen-bond acceptors (Lipinski definition) is 3. The molecule has 0 aliphatic heterocycles. The summed E-state index contributed by atoms with van der Waals surface area (Å²) in [7, 11) is 0. The van der Waals surface area contributed by atoms with Crippen LogP contribution in [0, 0.1) is 5.92 Å². The second kappa shape index (κ2) is 7.41. The molecule has 0 heterocycles. The van der Waals surface area contributed by atoms with E-state index >= 15 is 0 Å². The molecule has 2 N–H and O–H groups in total. The van der Waals surface area contributed by atoms with Gasteiger partial charge in [0.15, 0.2) is 5.11 Å². The van der Waals surface area contributed by atoms with Crippen LogP contribution in [0.5, 0.6) is 5.75 Å². The maximum atomic E-state index is 12.1. The molecule has 0 bridgehead atoms. The first-order valence-electron chi connectivity index (χ1n) is 7.04. The Morgan fingerprint density at radius 1 is 1.33 bits per heavy atom. The molecular weight excluding hydrogens is 284 g/mol. The van der Waals surface area contributed by atoms with E-state index in [1.165, 1.54) is 0 Å². The Kier molecular flexibility index (Phi) is 6.15. The lowest BCUT2D eigenvalue weighted by atomic mass is 10.1. The Balaban J connectivity index is 2.66. The van der Waals surface area contributed by atoms with Gasteiger partial charge in [0.1, 0.15) is 5.75 Å². The molecule has 1 aromatic rings. The quantitative estimate of drug-likeness (QED) is 0.839. The summed E-state index contributed by atoms with van der Waals surface area (Å²) in [6, 6.07) is 7.09. The van der Waals surface area contributed by atoms with Crippen LogP contribution < -0.4 is 15.4 Å². The van der Waals surface area contributed by atoms with Crippen molar-refractivity contribution in [2.24, 2.45) is 5.92 Å². The summed E-state index contributed by atoms with van der Waals surface area (Å²) < 4.78 is 5.62. The number of ether oxygens (including phenoxy) is 1. The fourth-order valence-electron chi connectivity index (χ4n) is 1.54. The zero-order valence-electron chi connectivity index (χ0n) is 13.3. The third-order valence-electron chi connectivity index (χ3n) is 2.40. The van der Waals surface area contributed by atoms with E-state index in [1.807, 2.05) is 26.8 Å². The number of carbonyl (C=O) groups excluding carboxylic acids is 1. The molecular formula is C16H24N2O2S. The number of amides is 1. The zero-order valence-corrected chi connectivity index (χ0v) is 14.1. The molecule has 21 heavy (non-hydrogen) atoms. The first-order chi connectivity index (χ1) is 9.67. The van der Waals surface area contributed by atoms with Crippen LogP contribution in [0.3, 0.4) is 0 Å². The highest BCUT2D eigenvalue weighted by Crippen LogP contribution is 2.14. The lowest BCUT2D eigenvalue weighted by Crippen LogP contribution is -2.48. The molecule has 4 nitrogen and oxygen atoms in total. The molecule has 1 aromatic carbocycles. The van der Waals surface area contributed by atoms with Crippen LogP contribution in [0.1, 0.15) is 45.0 Å². The fourth-order valence-corrected chi connectivity index (χ4v) is 1.94. The minimum atomic E-state index is -0.244. The van der Waals surface area contributed by atoms with Gasteiger partial charge in [-0.1, -0.05) is 19.9 Å². The molecule has 0 fully saturated rings. The van der Waals surface area contributed by atoms with E-state index in [1.54, 1.807) is 18.2 Å². The molecule has 0 aromatic heterocycles. The molecule has 0 aliphatic rings. The number of carbonyl (C=O) groups is 1. The summed E-state index contributed by atoms with van der Waals surface area (Å²) >= 11 is 5.12. The highest BCUT2D eigenvalue weighted by molar-refractivity contribution is 7.80. The Labute approximate surface area is 132 Å². The van der Waals surface area contributed by atoms with Crippen LogP contribution in [0.4, 0.5) is 0 Å². The number of nitrogens with one attached hydrogen (secondary N) is 2. The van der Waals surface area contributed by atoms with Crippen molar-refractivity contribution in [3.05, 3.63) is 29.8 Å². The molecule has 1 amide bonds. The third-order valence-corrected chi connectivity index (χ3v) is 2.60. The maximum absolute atomic E-state index is 12.1. The van der Waals surface area contributed by atoms with Crippen LogP contribution in [-0.4, -0.2) is 23.2 Å². The van der Waals surface area contributed by atoms with Crippen molar-refractivity contribution in [1.29, 1.82) is 0 Å². The molecule has 0 spiro atoms. The average molecular weight is 308 g/mol. The summed E-state index contributed by atoms with van der Waals surface area (Å²) in [5, 5.41) is 6.03. The molecule has 1 rings (SSSR count). The van der Waals surface area contributed by atoms with Crippen molar-refractivity contribution in [2.45, 2.75) is 40.2 Å². The van der Waals surface area contributed by atoms with E-state index in [-0.39, 0.29) is 11.4 Å². The van der Waals surface area contributed by atoms with Crippen molar-refractivity contribution < 1.29 is 9.53 Å². The number of benzene rings is 1. The van der Waals surface area contributed by atoms with Gasteiger partial charge in [0, 0.05) is 11.1 Å². The van der Waals surface area contributed by atoms with Gasteiger partial charge in [0.2, 0.25) is 0 Å². The standard InChI is InChI=1S/C16H24N2O2S/c1-11(2)10-20-13-8-6-7-12(9-13)14(19)17-15(21)18-16(3,4)5/h6-9,11H,10H2,1-5H3,(H2,17,18,19,21). The normalized spacial score (nSPS) is 11.1. The number of hydrogen-bond donors (Lipinski definition) is 2. The minimum Gasteiger partial charge on any atom is -0.493 e. The first kappa shape index (κ1) is 17.4. The molecule has 0 atom stereocenters. The number of thiocarbonyl (C=S) groups is 1. The average Bonchev–Trinajstić information content (AvgIpc) is 2.34. The van der Waals surface area contributed by atoms with Gasteiger partial charge in [0.05, 0.1) is 6.61 Å². The van der Waals surface area contributed by atoms with Gasteiger partial charge in [-0.25, -0.2) is 0 Å². The second-order valence-corrected chi connectivity index (χ2v) is 6.80. The molecule has 0 saturated carbocycles. The SMILES string of the molecule is CC(C)COc1cccc(C(=O)NC(=S)NC(C)(C)C)c1. The zero-order chi connectivity index (χ0) is 16.0. The monoisotopic (exact) mass is 308 g/mol. The topological polar surface area (TPSA) is 50.4 Å². The minimum absolute atomic E-state index is 0.188. The van der Waals surface area contributed by atoms with Crippen LogP contribution in [0.2, 0.25) is 0 Å². The van der Waals surface area contributed by atoms with Gasteiger partial charge in [-0.15, -0.1) is 0 Å². The van der Waals surface area contributed by atoms with E-state index in [4.69, 9.17) is 17.0 Å². The van der Waals surface area contributed by atoms with Crippen molar-refractivity contribution in [3.63, 3.8) is 0 Å². The molecule has 0 unspecified atom stereocenters. The van der Waals surface area contributed by atoms with Gasteiger partial charge >= 0.3 is 0 Å². The summed E-state index contributed by atoms with van der Waals surface area (Å²) in [5.74, 6) is 0.879. The van der Waals surface area contributed by atoms with Crippen LogP contribution >= 0.6 is 12.2 Å². The maximum Gasteiger partial charge on any atom is 0.257 e. The third kappa shape index (κ3) is 7.09. The fraction of sp³-hybridized carbons (Fsp3) is 0.500. The lowest BCUT2D eigenvalue weighted by molar-refractivity contribution is 0.0976. The van der Waals surface area contributed by atoms with Crippen molar-refractivity contribution in [1.82, 2.24) is 10.6 Å². The van der Waals surface area contributed by atoms with E-state index < -0.39 is 0 Å². The van der Waals surface area contributed by atoms with Crippen molar-refractivity contribution in [3.8, 4) is 5.75 Å². The smallest absolute Gasteiger partial charge is 0.257 e. The number of rotatable bonds is 4. The molecule has 5 heteroatoms. The first-order valence-corrected chi connectivity index (χ1v) is 7.44. The van der Waals surface area contributed by atoms with Gasteiger partial charge < -0.3 is 10.1 Å². The highest BCUT2D eigenvalue weighted by Gasteiger charge is 2.14. The van der Waals surface area contributed by atoms with Gasteiger partial charge in [0.25, 0.3) is 5.91 Å². The van der Waals surface area contributed by atoms with Gasteiger partial charge in [-0.05, 0) is 57.1 Å². The molecule has 116 valence electrons. The predicted octanol–water partition coefficient (Wildman–Crippen LogP) is 3.12. The Bertz CT molecular complexity index is 507. The van der Waals surface area contributed by atoms with E-state index in [2.05, 4.69) is 24.5 Å². The largest absolute Gasteiger partial charge is 0.493 e. The summed E-state index contributed by atoms with van der Waals surface area (Å²) in [6.45, 7) is 10.7. The Morgan fingerprint density at radius 2 is 2.00 bits per heavy atom. The van der Waals surface area contributed by atoms with Crippen LogP contribution in [-0.2, 0) is 0 Å². The van der Waals surface area contributed by atoms with E-state index in [0.29, 0.717) is 29.0 Å². The molecule has 0 saturated heterocycles. The summed E-state index contributed by atoms with van der Waals surface area (Å²) in [6.07, 6.45) is 0. The summed E-state index contributed by atoms with van der Waals surface area (Å²) in [5.41, 5.74) is 0.335. The highest BCUT2D eigenvalue weighted by atomic mass is 32.1. The lowest BCUT2D eigenvalue weighted by Gasteiger charge is -2.22. The van der Waals surface area contributed by atoms with Crippen LogP contribution in [0.25, 0.3) is 0 Å². The Hall–Kier alpha value is -1.62. The second-order valence-electron chi connectivity index (χ2n) is 6.39. The van der Waals surface area contributed by atoms with Gasteiger partial charge in [-0.2, -0.15) is 0 Å². The van der Waals surface area contributed by atoms with Crippen molar-refractivity contribution in [2.75, 3.05) is 6.61 Å². The van der Waals surface area contributed by atoms with E-state index in [9.17, 15) is 4.79 Å².